The molecule has 0 aliphatic heterocycles. The van der Waals surface area contributed by atoms with Crippen LogP contribution in [0.3, 0.4) is 0 Å². The van der Waals surface area contributed by atoms with Gasteiger partial charge >= 0.3 is 11.9 Å². The smallest absolute Gasteiger partial charge is 0.328 e. The second-order valence-corrected chi connectivity index (χ2v) is 2.22. The third-order valence-corrected chi connectivity index (χ3v) is 0.854. The highest BCUT2D eigenvalue weighted by Gasteiger charge is 1.87. The highest BCUT2D eigenvalue weighted by atomic mass is 16.4. The standard InChI is InChI=1S/C4H5NO3.C4H8O2/c5-3(6)1-2-4(7)8;1-2-3-4(5)6/h1-2H,(H2,5,6)(H,7,8);2-3H2,1H3,(H,5,6)/b2-1-;. The first kappa shape index (κ1) is 14.7. The zero-order valence-electron chi connectivity index (χ0n) is 7.77. The van der Waals surface area contributed by atoms with Crippen LogP contribution < -0.4 is 5.73 Å². The van der Waals surface area contributed by atoms with Crippen LogP contribution in [0.25, 0.3) is 0 Å². The van der Waals surface area contributed by atoms with Gasteiger partial charge in [-0.05, 0) is 6.42 Å². The molecule has 0 aliphatic carbocycles. The van der Waals surface area contributed by atoms with Crippen LogP contribution in [0.5, 0.6) is 0 Å². The number of hydrogen-bond acceptors (Lipinski definition) is 3. The molecule has 6 heteroatoms. The summed E-state index contributed by atoms with van der Waals surface area (Å²) in [4.78, 5) is 29.0. The van der Waals surface area contributed by atoms with Gasteiger partial charge in [-0.25, -0.2) is 4.79 Å². The average molecular weight is 203 g/mol. The third-order valence-electron chi connectivity index (χ3n) is 0.854. The molecule has 6 nitrogen and oxygen atoms in total. The van der Waals surface area contributed by atoms with Crippen LogP contribution in [0.2, 0.25) is 0 Å². The summed E-state index contributed by atoms with van der Waals surface area (Å²) in [5.41, 5.74) is 4.55. The molecule has 0 atom stereocenters. The predicted octanol–water partition coefficient (Wildman–Crippen LogP) is -0.0164. The second kappa shape index (κ2) is 9.24. The first-order valence-electron chi connectivity index (χ1n) is 3.82. The molecule has 0 radical (unpaired) electrons. The summed E-state index contributed by atoms with van der Waals surface area (Å²) >= 11 is 0. The van der Waals surface area contributed by atoms with Gasteiger partial charge in [-0.15, -0.1) is 0 Å². The van der Waals surface area contributed by atoms with E-state index in [9.17, 15) is 14.4 Å². The number of nitrogens with two attached hydrogens (primary N) is 1. The van der Waals surface area contributed by atoms with Gasteiger partial charge in [0, 0.05) is 18.6 Å². The maximum Gasteiger partial charge on any atom is 0.328 e. The Morgan fingerprint density at radius 3 is 1.79 bits per heavy atom. The number of primary amides is 1. The van der Waals surface area contributed by atoms with E-state index in [0.717, 1.165) is 12.5 Å². The quantitative estimate of drug-likeness (QED) is 0.555. The number of carboxylic acid groups (broad SMARTS) is 2. The van der Waals surface area contributed by atoms with Gasteiger partial charge in [0.15, 0.2) is 0 Å². The summed E-state index contributed by atoms with van der Waals surface area (Å²) in [5.74, 6) is -2.64. The molecular formula is C8H13NO5. The summed E-state index contributed by atoms with van der Waals surface area (Å²) in [6, 6.07) is 0. The molecule has 0 heterocycles. The van der Waals surface area contributed by atoms with Crippen molar-refractivity contribution in [2.45, 2.75) is 19.8 Å². The lowest BCUT2D eigenvalue weighted by atomic mass is 10.4. The topological polar surface area (TPSA) is 118 Å². The fourth-order valence-corrected chi connectivity index (χ4v) is 0.367. The Morgan fingerprint density at radius 2 is 1.71 bits per heavy atom. The van der Waals surface area contributed by atoms with E-state index in [1.165, 1.54) is 0 Å². The fraction of sp³-hybridized carbons (Fsp3) is 0.375. The van der Waals surface area contributed by atoms with Crippen molar-refractivity contribution in [1.29, 1.82) is 0 Å². The summed E-state index contributed by atoms with van der Waals surface area (Å²) < 4.78 is 0. The molecule has 0 aromatic carbocycles. The molecule has 80 valence electrons. The van der Waals surface area contributed by atoms with Crippen LogP contribution in [0.15, 0.2) is 12.2 Å². The lowest BCUT2D eigenvalue weighted by Crippen LogP contribution is -2.06. The fourth-order valence-electron chi connectivity index (χ4n) is 0.367. The monoisotopic (exact) mass is 203 g/mol. The van der Waals surface area contributed by atoms with Crippen molar-refractivity contribution in [3.05, 3.63) is 12.2 Å². The zero-order valence-corrected chi connectivity index (χ0v) is 7.77. The van der Waals surface area contributed by atoms with Gasteiger partial charge in [0.1, 0.15) is 0 Å². The van der Waals surface area contributed by atoms with Crippen LogP contribution >= 0.6 is 0 Å². The minimum absolute atomic E-state index is 0.292. The Balaban J connectivity index is 0. The van der Waals surface area contributed by atoms with Crippen molar-refractivity contribution < 1.29 is 24.6 Å². The van der Waals surface area contributed by atoms with Gasteiger partial charge in [-0.2, -0.15) is 0 Å². The molecule has 0 unspecified atom stereocenters. The van der Waals surface area contributed by atoms with Gasteiger partial charge < -0.3 is 15.9 Å². The van der Waals surface area contributed by atoms with Crippen LogP contribution in [0.4, 0.5) is 0 Å². The van der Waals surface area contributed by atoms with Gasteiger partial charge in [-0.1, -0.05) is 6.92 Å². The molecule has 0 aromatic heterocycles. The second-order valence-electron chi connectivity index (χ2n) is 2.22. The van der Waals surface area contributed by atoms with Crippen LogP contribution in [-0.2, 0) is 14.4 Å². The van der Waals surface area contributed by atoms with Gasteiger partial charge in [0.2, 0.25) is 5.91 Å². The molecule has 14 heavy (non-hydrogen) atoms. The number of carbonyl (C=O) groups is 3. The van der Waals surface area contributed by atoms with Crippen LogP contribution in [0.1, 0.15) is 19.8 Å². The SMILES string of the molecule is CCCC(=O)O.NC(=O)/C=C\C(=O)O. The zero-order chi connectivity index (χ0) is 11.6. The number of carboxylic acids is 2. The largest absolute Gasteiger partial charge is 0.481 e. The van der Waals surface area contributed by atoms with E-state index in [4.69, 9.17) is 10.2 Å². The van der Waals surface area contributed by atoms with Crippen molar-refractivity contribution in [3.63, 3.8) is 0 Å². The molecule has 0 aromatic rings. The van der Waals surface area contributed by atoms with Crippen molar-refractivity contribution in [2.75, 3.05) is 0 Å². The van der Waals surface area contributed by atoms with E-state index in [1.54, 1.807) is 0 Å². The van der Waals surface area contributed by atoms with E-state index in [-0.39, 0.29) is 0 Å². The van der Waals surface area contributed by atoms with E-state index >= 15 is 0 Å². The van der Waals surface area contributed by atoms with Crippen LogP contribution in [0, 0.1) is 0 Å². The maximum atomic E-state index is 9.78. The first-order chi connectivity index (χ1) is 6.40. The Hall–Kier alpha value is -1.85. The molecule has 0 rings (SSSR count). The molecular weight excluding hydrogens is 190 g/mol. The predicted molar refractivity (Wildman–Crippen MR) is 48.5 cm³/mol. The summed E-state index contributed by atoms with van der Waals surface area (Å²) in [7, 11) is 0. The Morgan fingerprint density at radius 1 is 1.21 bits per heavy atom. The van der Waals surface area contributed by atoms with Crippen molar-refractivity contribution in [1.82, 2.24) is 0 Å². The minimum atomic E-state index is -1.18. The van der Waals surface area contributed by atoms with Crippen molar-refractivity contribution in [2.24, 2.45) is 5.73 Å². The lowest BCUT2D eigenvalue weighted by molar-refractivity contribution is -0.137. The van der Waals surface area contributed by atoms with Crippen LogP contribution in [-0.4, -0.2) is 28.1 Å². The molecule has 0 saturated carbocycles. The third kappa shape index (κ3) is 22.5. The Labute approximate surface area is 81.0 Å². The number of amides is 1. The van der Waals surface area contributed by atoms with E-state index in [2.05, 4.69) is 5.73 Å². The maximum absolute atomic E-state index is 9.78. The number of carbonyl (C=O) groups excluding carboxylic acids is 1. The molecule has 4 N–H and O–H groups in total. The number of rotatable bonds is 4. The normalized spacial score (nSPS) is 8.93. The molecule has 1 amide bonds. The minimum Gasteiger partial charge on any atom is -0.481 e. The van der Waals surface area contributed by atoms with E-state index < -0.39 is 17.8 Å². The van der Waals surface area contributed by atoms with E-state index in [0.29, 0.717) is 12.5 Å². The number of hydrogen-bond donors (Lipinski definition) is 3. The van der Waals surface area contributed by atoms with Crippen molar-refractivity contribution in [3.8, 4) is 0 Å². The van der Waals surface area contributed by atoms with Gasteiger partial charge in [0.25, 0.3) is 0 Å². The van der Waals surface area contributed by atoms with Gasteiger partial charge in [-0.3, -0.25) is 9.59 Å². The molecule has 0 saturated heterocycles. The first-order valence-corrected chi connectivity index (χ1v) is 3.82. The van der Waals surface area contributed by atoms with Crippen molar-refractivity contribution >= 4 is 17.8 Å². The lowest BCUT2D eigenvalue weighted by Gasteiger charge is -1.79. The highest BCUT2D eigenvalue weighted by Crippen LogP contribution is 1.82. The Kier molecular flexibility index (Phi) is 9.68. The molecule has 0 spiro atoms. The summed E-state index contributed by atoms with van der Waals surface area (Å²) in [5, 5.41) is 15.8. The summed E-state index contributed by atoms with van der Waals surface area (Å²) in [6.07, 6.45) is 2.49. The summed E-state index contributed by atoms with van der Waals surface area (Å²) in [6.45, 7) is 1.84. The molecule has 0 aliphatic rings. The molecule has 0 bridgehead atoms. The van der Waals surface area contributed by atoms with Gasteiger partial charge in [0.05, 0.1) is 0 Å². The Bertz CT molecular complexity index is 218. The van der Waals surface area contributed by atoms with E-state index in [1.807, 2.05) is 6.92 Å². The highest BCUT2D eigenvalue weighted by molar-refractivity contribution is 5.92. The average Bonchev–Trinajstić information content (AvgIpc) is 2.01. The molecule has 0 fully saturated rings. The number of aliphatic carboxylic acids is 2.